The molecule has 0 amide bonds. The number of hydrogen-bond acceptors (Lipinski definition) is 4. The summed E-state index contributed by atoms with van der Waals surface area (Å²) in [6, 6.07) is 0.160. The highest BCUT2D eigenvalue weighted by atomic mass is 15.3. The maximum absolute atomic E-state index is 6.11. The molecule has 1 aromatic heterocycles. The lowest BCUT2D eigenvalue weighted by Gasteiger charge is -2.15. The molecule has 1 unspecified atom stereocenters. The van der Waals surface area contributed by atoms with E-state index in [4.69, 9.17) is 5.73 Å². The second kappa shape index (κ2) is 6.71. The lowest BCUT2D eigenvalue weighted by atomic mass is 10.1. The van der Waals surface area contributed by atoms with E-state index in [-0.39, 0.29) is 6.04 Å². The molecule has 0 radical (unpaired) electrons. The van der Waals surface area contributed by atoms with E-state index in [1.165, 1.54) is 0 Å². The quantitative estimate of drug-likeness (QED) is 0.763. The Morgan fingerprint density at radius 1 is 1.41 bits per heavy atom. The minimum absolute atomic E-state index is 0.160. The van der Waals surface area contributed by atoms with E-state index in [9.17, 15) is 0 Å². The van der Waals surface area contributed by atoms with Gasteiger partial charge in [-0.15, -0.1) is 0 Å². The second-order valence-corrected chi connectivity index (χ2v) is 5.31. The third-order valence-corrected chi connectivity index (χ3v) is 2.63. The molecular weight excluding hydrogens is 214 g/mol. The predicted molar refractivity (Wildman–Crippen MR) is 69.7 cm³/mol. The van der Waals surface area contributed by atoms with Crippen LogP contribution in [0.15, 0.2) is 6.33 Å². The van der Waals surface area contributed by atoms with Crippen LogP contribution in [0.1, 0.15) is 26.1 Å². The van der Waals surface area contributed by atoms with Gasteiger partial charge in [0.05, 0.1) is 0 Å². The van der Waals surface area contributed by atoms with Crippen LogP contribution in [0, 0.1) is 5.92 Å². The molecule has 0 aliphatic rings. The smallest absolute Gasteiger partial charge is 0.138 e. The summed E-state index contributed by atoms with van der Waals surface area (Å²) in [6.45, 7) is 6.28. The van der Waals surface area contributed by atoms with Gasteiger partial charge in [-0.1, -0.05) is 13.8 Å². The maximum atomic E-state index is 6.11. The van der Waals surface area contributed by atoms with Gasteiger partial charge in [0.25, 0.3) is 0 Å². The molecule has 5 heteroatoms. The van der Waals surface area contributed by atoms with Crippen molar-refractivity contribution < 1.29 is 0 Å². The topological polar surface area (TPSA) is 60.0 Å². The Labute approximate surface area is 104 Å². The van der Waals surface area contributed by atoms with Gasteiger partial charge in [0, 0.05) is 19.0 Å². The van der Waals surface area contributed by atoms with E-state index in [1.807, 2.05) is 4.68 Å². The van der Waals surface area contributed by atoms with Gasteiger partial charge in [-0.2, -0.15) is 5.10 Å². The largest absolute Gasteiger partial charge is 0.327 e. The molecule has 0 aliphatic carbocycles. The first-order valence-electron chi connectivity index (χ1n) is 6.26. The van der Waals surface area contributed by atoms with Gasteiger partial charge in [-0.25, -0.2) is 9.67 Å². The molecule has 2 N–H and O–H groups in total. The van der Waals surface area contributed by atoms with Gasteiger partial charge < -0.3 is 10.6 Å². The van der Waals surface area contributed by atoms with E-state index < -0.39 is 0 Å². The zero-order valence-electron chi connectivity index (χ0n) is 11.4. The number of aromatic nitrogens is 3. The highest BCUT2D eigenvalue weighted by Gasteiger charge is 2.11. The first-order chi connectivity index (χ1) is 7.99. The molecule has 0 bridgehead atoms. The molecule has 0 saturated heterocycles. The molecule has 1 heterocycles. The Hall–Kier alpha value is -0.940. The fourth-order valence-electron chi connectivity index (χ4n) is 1.71. The summed E-state index contributed by atoms with van der Waals surface area (Å²) >= 11 is 0. The van der Waals surface area contributed by atoms with Gasteiger partial charge >= 0.3 is 0 Å². The molecule has 5 nitrogen and oxygen atoms in total. The molecule has 1 aromatic rings. The van der Waals surface area contributed by atoms with E-state index in [0.717, 1.165) is 31.8 Å². The van der Waals surface area contributed by atoms with Crippen molar-refractivity contribution in [3.8, 4) is 0 Å². The lowest BCUT2D eigenvalue weighted by Crippen LogP contribution is -2.29. The summed E-state index contributed by atoms with van der Waals surface area (Å²) in [7, 11) is 4.13. The molecule has 0 aromatic carbocycles. The summed E-state index contributed by atoms with van der Waals surface area (Å²) in [5, 5.41) is 4.24. The van der Waals surface area contributed by atoms with Crippen molar-refractivity contribution in [2.75, 3.05) is 20.6 Å². The predicted octanol–water partition coefficient (Wildman–Crippen LogP) is 0.756. The lowest BCUT2D eigenvalue weighted by molar-refractivity contribution is 0.374. The second-order valence-electron chi connectivity index (χ2n) is 5.31. The van der Waals surface area contributed by atoms with Crippen LogP contribution in [0.2, 0.25) is 0 Å². The molecule has 0 saturated carbocycles. The monoisotopic (exact) mass is 239 g/mol. The van der Waals surface area contributed by atoms with Crippen LogP contribution < -0.4 is 5.73 Å². The highest BCUT2D eigenvalue weighted by molar-refractivity contribution is 4.89. The minimum atomic E-state index is 0.160. The van der Waals surface area contributed by atoms with Gasteiger partial charge in [0.2, 0.25) is 0 Å². The number of hydrogen-bond donors (Lipinski definition) is 1. The number of nitrogens with zero attached hydrogens (tertiary/aromatic N) is 4. The maximum Gasteiger partial charge on any atom is 0.138 e. The van der Waals surface area contributed by atoms with Gasteiger partial charge in [0.15, 0.2) is 0 Å². The van der Waals surface area contributed by atoms with Crippen molar-refractivity contribution in [2.24, 2.45) is 11.7 Å². The van der Waals surface area contributed by atoms with Crippen LogP contribution in [0.25, 0.3) is 0 Å². The van der Waals surface area contributed by atoms with Crippen molar-refractivity contribution in [3.05, 3.63) is 12.2 Å². The summed E-state index contributed by atoms with van der Waals surface area (Å²) < 4.78 is 1.97. The zero-order chi connectivity index (χ0) is 12.8. The SMILES string of the molecule is CC(C)Cn1ncnc1CC(N)CCN(C)C. The van der Waals surface area contributed by atoms with E-state index in [2.05, 4.69) is 42.9 Å². The minimum Gasteiger partial charge on any atom is -0.327 e. The highest BCUT2D eigenvalue weighted by Crippen LogP contribution is 2.05. The van der Waals surface area contributed by atoms with Crippen LogP contribution in [0.4, 0.5) is 0 Å². The Morgan fingerprint density at radius 2 is 2.12 bits per heavy atom. The number of rotatable bonds is 7. The number of nitrogens with two attached hydrogens (primary N) is 1. The van der Waals surface area contributed by atoms with Gasteiger partial charge in [-0.05, 0) is 33.0 Å². The van der Waals surface area contributed by atoms with Crippen molar-refractivity contribution >= 4 is 0 Å². The fourth-order valence-corrected chi connectivity index (χ4v) is 1.71. The van der Waals surface area contributed by atoms with Crippen LogP contribution in [-0.2, 0) is 13.0 Å². The van der Waals surface area contributed by atoms with Crippen molar-refractivity contribution in [3.63, 3.8) is 0 Å². The molecular formula is C12H25N5. The first-order valence-corrected chi connectivity index (χ1v) is 6.26. The molecule has 0 aliphatic heterocycles. The fraction of sp³-hybridized carbons (Fsp3) is 0.833. The zero-order valence-corrected chi connectivity index (χ0v) is 11.4. The molecule has 0 spiro atoms. The van der Waals surface area contributed by atoms with Crippen molar-refractivity contribution in [1.29, 1.82) is 0 Å². The average Bonchev–Trinajstić information content (AvgIpc) is 2.62. The Bertz CT molecular complexity index is 318. The summed E-state index contributed by atoms with van der Waals surface area (Å²) in [5.41, 5.74) is 6.11. The molecule has 98 valence electrons. The molecule has 0 fully saturated rings. The third kappa shape index (κ3) is 5.28. The van der Waals surface area contributed by atoms with Crippen LogP contribution >= 0.6 is 0 Å². The molecule has 17 heavy (non-hydrogen) atoms. The Balaban J connectivity index is 2.47. The van der Waals surface area contributed by atoms with Gasteiger partial charge in [0.1, 0.15) is 12.2 Å². The normalized spacial score (nSPS) is 13.6. The standard InChI is InChI=1S/C12H25N5/c1-10(2)8-17-12(14-9-15-17)7-11(13)5-6-16(3)4/h9-11H,5-8,13H2,1-4H3. The summed E-state index contributed by atoms with van der Waals surface area (Å²) in [6.07, 6.45) is 3.42. The summed E-state index contributed by atoms with van der Waals surface area (Å²) in [4.78, 5) is 6.45. The Morgan fingerprint density at radius 3 is 2.71 bits per heavy atom. The van der Waals surface area contributed by atoms with E-state index in [0.29, 0.717) is 5.92 Å². The summed E-state index contributed by atoms with van der Waals surface area (Å²) in [5.74, 6) is 1.58. The van der Waals surface area contributed by atoms with E-state index >= 15 is 0 Å². The van der Waals surface area contributed by atoms with Crippen LogP contribution in [-0.4, -0.2) is 46.3 Å². The van der Waals surface area contributed by atoms with Crippen LogP contribution in [0.5, 0.6) is 0 Å². The van der Waals surface area contributed by atoms with Crippen molar-refractivity contribution in [2.45, 2.75) is 39.3 Å². The average molecular weight is 239 g/mol. The first kappa shape index (κ1) is 14.1. The third-order valence-electron chi connectivity index (χ3n) is 2.63. The Kier molecular flexibility index (Phi) is 5.58. The van der Waals surface area contributed by atoms with Crippen molar-refractivity contribution in [1.82, 2.24) is 19.7 Å². The van der Waals surface area contributed by atoms with Gasteiger partial charge in [-0.3, -0.25) is 0 Å². The molecule has 1 rings (SSSR count). The van der Waals surface area contributed by atoms with E-state index in [1.54, 1.807) is 6.33 Å². The van der Waals surface area contributed by atoms with Crippen LogP contribution in [0.3, 0.4) is 0 Å². The molecule has 1 atom stereocenters.